The van der Waals surface area contributed by atoms with Crippen LogP contribution in [0.25, 0.3) is 0 Å². The van der Waals surface area contributed by atoms with Gasteiger partial charge in [0.25, 0.3) is 5.91 Å². The van der Waals surface area contributed by atoms with Crippen molar-refractivity contribution in [1.82, 2.24) is 0 Å². The van der Waals surface area contributed by atoms with E-state index in [0.29, 0.717) is 11.3 Å². The molecule has 0 unspecified atom stereocenters. The molecule has 0 spiro atoms. The topological polar surface area (TPSA) is 72.5 Å². The van der Waals surface area contributed by atoms with Gasteiger partial charge in [-0.15, -0.1) is 0 Å². The summed E-state index contributed by atoms with van der Waals surface area (Å²) in [6, 6.07) is 9.85. The molecular formula is C18H15ClFNO4. The van der Waals surface area contributed by atoms with Gasteiger partial charge in [-0.1, -0.05) is 23.7 Å². The van der Waals surface area contributed by atoms with E-state index in [1.807, 2.05) is 0 Å². The van der Waals surface area contributed by atoms with Crippen molar-refractivity contribution in [3.05, 3.63) is 64.4 Å². The molecule has 2 aromatic rings. The van der Waals surface area contributed by atoms with E-state index in [0.717, 1.165) is 6.07 Å². The van der Waals surface area contributed by atoms with Crippen LogP contribution in [0.1, 0.15) is 34.6 Å². The van der Waals surface area contributed by atoms with Crippen molar-refractivity contribution in [2.24, 2.45) is 0 Å². The molecule has 1 amide bonds. The highest BCUT2D eigenvalue weighted by Gasteiger charge is 2.21. The first-order chi connectivity index (χ1) is 11.8. The van der Waals surface area contributed by atoms with Gasteiger partial charge in [0.1, 0.15) is 5.82 Å². The SMILES string of the molecule is CC(=O)c1cccc(NC(=O)[C@H](C)OC(=O)c2ccc(Cl)cc2F)c1. The molecule has 0 aliphatic heterocycles. The second kappa shape index (κ2) is 7.90. The summed E-state index contributed by atoms with van der Waals surface area (Å²) in [5.74, 6) is -2.56. The molecule has 1 atom stereocenters. The Morgan fingerprint density at radius 3 is 2.52 bits per heavy atom. The third-order valence-corrected chi connectivity index (χ3v) is 3.58. The van der Waals surface area contributed by atoms with Crippen molar-refractivity contribution in [3.63, 3.8) is 0 Å². The Morgan fingerprint density at radius 2 is 1.88 bits per heavy atom. The first kappa shape index (κ1) is 18.6. The number of carbonyl (C=O) groups excluding carboxylic acids is 3. The zero-order valence-corrected chi connectivity index (χ0v) is 14.3. The van der Waals surface area contributed by atoms with Gasteiger partial charge in [-0.2, -0.15) is 0 Å². The first-order valence-corrected chi connectivity index (χ1v) is 7.73. The van der Waals surface area contributed by atoms with Crippen molar-refractivity contribution in [2.45, 2.75) is 20.0 Å². The predicted molar refractivity (Wildman–Crippen MR) is 91.4 cm³/mol. The summed E-state index contributed by atoms with van der Waals surface area (Å²) in [6.45, 7) is 2.77. The molecule has 0 saturated heterocycles. The van der Waals surface area contributed by atoms with Crippen molar-refractivity contribution in [3.8, 4) is 0 Å². The third kappa shape index (κ3) is 4.87. The summed E-state index contributed by atoms with van der Waals surface area (Å²) in [7, 11) is 0. The van der Waals surface area contributed by atoms with Crippen LogP contribution in [-0.4, -0.2) is 23.8 Å². The Bertz CT molecular complexity index is 838. The highest BCUT2D eigenvalue weighted by molar-refractivity contribution is 6.30. The minimum Gasteiger partial charge on any atom is -0.449 e. The van der Waals surface area contributed by atoms with E-state index in [2.05, 4.69) is 5.32 Å². The first-order valence-electron chi connectivity index (χ1n) is 7.36. The van der Waals surface area contributed by atoms with Gasteiger partial charge >= 0.3 is 5.97 Å². The minimum absolute atomic E-state index is 0.144. The van der Waals surface area contributed by atoms with E-state index in [1.165, 1.54) is 32.0 Å². The number of anilines is 1. The average molecular weight is 364 g/mol. The molecule has 0 saturated carbocycles. The van der Waals surface area contributed by atoms with Crippen molar-refractivity contribution >= 4 is 34.9 Å². The number of carbonyl (C=O) groups is 3. The zero-order valence-electron chi connectivity index (χ0n) is 13.5. The lowest BCUT2D eigenvalue weighted by Gasteiger charge is -2.14. The number of nitrogens with one attached hydrogen (secondary N) is 1. The van der Waals surface area contributed by atoms with Gasteiger partial charge < -0.3 is 10.1 Å². The van der Waals surface area contributed by atoms with Crippen molar-refractivity contribution in [2.75, 3.05) is 5.32 Å². The smallest absolute Gasteiger partial charge is 0.341 e. The molecule has 0 heterocycles. The maximum Gasteiger partial charge on any atom is 0.341 e. The molecule has 0 aromatic heterocycles. The van der Waals surface area contributed by atoms with Gasteiger partial charge in [-0.25, -0.2) is 9.18 Å². The van der Waals surface area contributed by atoms with Gasteiger partial charge in [0, 0.05) is 16.3 Å². The van der Waals surface area contributed by atoms with E-state index in [-0.39, 0.29) is 16.4 Å². The molecule has 0 fully saturated rings. The maximum atomic E-state index is 13.7. The molecule has 2 aromatic carbocycles. The summed E-state index contributed by atoms with van der Waals surface area (Å²) in [6.07, 6.45) is -1.16. The van der Waals surface area contributed by atoms with E-state index < -0.39 is 23.8 Å². The predicted octanol–water partition coefficient (Wildman–Crippen LogP) is 3.87. The molecule has 130 valence electrons. The molecule has 0 radical (unpaired) electrons. The van der Waals surface area contributed by atoms with Crippen LogP contribution in [0.3, 0.4) is 0 Å². The van der Waals surface area contributed by atoms with Gasteiger partial charge in [-0.05, 0) is 44.2 Å². The number of hydrogen-bond donors (Lipinski definition) is 1. The molecule has 25 heavy (non-hydrogen) atoms. The number of ether oxygens (including phenoxy) is 1. The molecule has 7 heteroatoms. The monoisotopic (exact) mass is 363 g/mol. The highest BCUT2D eigenvalue weighted by atomic mass is 35.5. The standard InChI is InChI=1S/C18H15ClFNO4/c1-10(22)12-4-3-5-14(8-12)21-17(23)11(2)25-18(24)15-7-6-13(19)9-16(15)20/h3-9,11H,1-2H3,(H,21,23)/t11-/m0/s1. The van der Waals surface area contributed by atoms with Crippen LogP contribution in [0.2, 0.25) is 5.02 Å². The molecule has 2 rings (SSSR count). The van der Waals surface area contributed by atoms with Crippen LogP contribution in [0.4, 0.5) is 10.1 Å². The molecule has 0 bridgehead atoms. The molecule has 1 N–H and O–H groups in total. The van der Waals surface area contributed by atoms with E-state index in [1.54, 1.807) is 18.2 Å². The lowest BCUT2D eigenvalue weighted by Crippen LogP contribution is -2.30. The molecule has 0 aliphatic rings. The second-order valence-electron chi connectivity index (χ2n) is 5.30. The quantitative estimate of drug-likeness (QED) is 0.646. The third-order valence-electron chi connectivity index (χ3n) is 3.34. The highest BCUT2D eigenvalue weighted by Crippen LogP contribution is 2.17. The Balaban J connectivity index is 2.03. The average Bonchev–Trinajstić information content (AvgIpc) is 2.54. The fourth-order valence-electron chi connectivity index (χ4n) is 1.99. The number of benzene rings is 2. The van der Waals surface area contributed by atoms with Gasteiger partial charge in [0.15, 0.2) is 11.9 Å². The molecule has 5 nitrogen and oxygen atoms in total. The largest absolute Gasteiger partial charge is 0.449 e. The number of amides is 1. The Kier molecular flexibility index (Phi) is 5.88. The van der Waals surface area contributed by atoms with Crippen LogP contribution >= 0.6 is 11.6 Å². The Morgan fingerprint density at radius 1 is 1.16 bits per heavy atom. The normalized spacial score (nSPS) is 11.5. The summed E-state index contributed by atoms with van der Waals surface area (Å²) >= 11 is 5.62. The molecule has 0 aliphatic carbocycles. The van der Waals surface area contributed by atoms with Gasteiger partial charge in [0.05, 0.1) is 5.56 Å². The van der Waals surface area contributed by atoms with Crippen LogP contribution in [0, 0.1) is 5.82 Å². The van der Waals surface area contributed by atoms with Crippen molar-refractivity contribution < 1.29 is 23.5 Å². The second-order valence-corrected chi connectivity index (χ2v) is 5.73. The number of halogens is 2. The lowest BCUT2D eigenvalue weighted by molar-refractivity contribution is -0.123. The fourth-order valence-corrected chi connectivity index (χ4v) is 2.15. The summed E-state index contributed by atoms with van der Waals surface area (Å²) in [5.41, 5.74) is 0.506. The molecular weight excluding hydrogens is 349 g/mol. The lowest BCUT2D eigenvalue weighted by atomic mass is 10.1. The summed E-state index contributed by atoms with van der Waals surface area (Å²) < 4.78 is 18.7. The van der Waals surface area contributed by atoms with Gasteiger partial charge in [0.2, 0.25) is 0 Å². The van der Waals surface area contributed by atoms with E-state index >= 15 is 0 Å². The number of hydrogen-bond acceptors (Lipinski definition) is 4. The Labute approximate surface area is 148 Å². The number of rotatable bonds is 5. The van der Waals surface area contributed by atoms with Crippen LogP contribution in [0.5, 0.6) is 0 Å². The fraction of sp³-hybridized carbons (Fsp3) is 0.167. The summed E-state index contributed by atoms with van der Waals surface area (Å²) in [5, 5.41) is 2.68. The van der Waals surface area contributed by atoms with Crippen LogP contribution < -0.4 is 5.32 Å². The maximum absolute atomic E-state index is 13.7. The summed E-state index contributed by atoms with van der Waals surface area (Å²) in [4.78, 5) is 35.4. The Hall–Kier alpha value is -2.73. The minimum atomic E-state index is -1.16. The zero-order chi connectivity index (χ0) is 18.6. The van der Waals surface area contributed by atoms with Crippen molar-refractivity contribution in [1.29, 1.82) is 0 Å². The number of ketones is 1. The van der Waals surface area contributed by atoms with Gasteiger partial charge in [-0.3, -0.25) is 9.59 Å². The van der Waals surface area contributed by atoms with Crippen LogP contribution in [-0.2, 0) is 9.53 Å². The van der Waals surface area contributed by atoms with E-state index in [4.69, 9.17) is 16.3 Å². The number of esters is 1. The van der Waals surface area contributed by atoms with E-state index in [9.17, 15) is 18.8 Å². The van der Waals surface area contributed by atoms with Crippen LogP contribution in [0.15, 0.2) is 42.5 Å². The number of Topliss-reactive ketones (excluding diaryl/α,β-unsaturated/α-hetero) is 1.